The predicted octanol–water partition coefficient (Wildman–Crippen LogP) is 1.70. The zero-order chi connectivity index (χ0) is 62.1. The summed E-state index contributed by atoms with van der Waals surface area (Å²) in [4.78, 5) is 134. The zero-order valence-corrected chi connectivity index (χ0v) is 49.5. The number of amides is 7. The van der Waals surface area contributed by atoms with Gasteiger partial charge in [-0.2, -0.15) is 0 Å². The normalized spacial score (nSPS) is 23.0. The van der Waals surface area contributed by atoms with Gasteiger partial charge in [0.05, 0.1) is 23.8 Å². The lowest BCUT2D eigenvalue weighted by molar-refractivity contribution is -0.145. The second kappa shape index (κ2) is 30.9. The van der Waals surface area contributed by atoms with E-state index in [1.54, 1.807) is 67.7 Å². The number of phenolic OH excluding ortho intramolecular Hbond substituents is 1. The molecule has 0 radical (unpaired) electrons. The number of Topliss-reactive ketones (excluding diaryl/α,β-unsaturated/α-hetero) is 1. The molecule has 6 rings (SSSR count). The molecule has 85 heavy (non-hydrogen) atoms. The summed E-state index contributed by atoms with van der Waals surface area (Å²) in [6.45, 7) is 7.78. The molecule has 2 aliphatic rings. The maximum atomic E-state index is 15.0. The number of aromatic hydroxyl groups is 1. The van der Waals surface area contributed by atoms with Crippen molar-refractivity contribution in [3.63, 3.8) is 0 Å². The number of aliphatic hydroxyl groups excluding tert-OH is 3. The van der Waals surface area contributed by atoms with Crippen molar-refractivity contribution in [2.24, 2.45) is 16.1 Å². The number of nitrogens with two attached hydrogens (primary N) is 1. The van der Waals surface area contributed by atoms with Crippen LogP contribution in [0.5, 0.6) is 5.75 Å². The summed E-state index contributed by atoms with van der Waals surface area (Å²) in [5, 5.41) is 71.0. The number of benzene rings is 3. The number of aliphatic imine (C=N–C) groups is 1. The largest absolute Gasteiger partial charge is 0.511 e. The molecule has 458 valence electrons. The molecular weight excluding hydrogens is 1140 g/mol. The van der Waals surface area contributed by atoms with Crippen molar-refractivity contribution in [1.82, 2.24) is 42.2 Å². The van der Waals surface area contributed by atoms with Crippen LogP contribution in [0.2, 0.25) is 0 Å². The van der Waals surface area contributed by atoms with Crippen molar-refractivity contribution >= 4 is 91.3 Å². The summed E-state index contributed by atoms with van der Waals surface area (Å²) >= 11 is 0. The van der Waals surface area contributed by atoms with Gasteiger partial charge < -0.3 is 73.5 Å². The van der Waals surface area contributed by atoms with Gasteiger partial charge in [0.25, 0.3) is 0 Å². The third kappa shape index (κ3) is 19.4. The van der Waals surface area contributed by atoms with Gasteiger partial charge >= 0.3 is 5.97 Å². The number of carboxylic acids is 1. The molecule has 0 bridgehead atoms. The Morgan fingerprint density at radius 3 is 2.02 bits per heavy atom. The lowest BCUT2D eigenvalue weighted by atomic mass is 9.76. The topological polar surface area (TPSA) is 393 Å². The van der Waals surface area contributed by atoms with Crippen LogP contribution in [0.25, 0.3) is 10.9 Å². The molecule has 4 aromatic rings. The summed E-state index contributed by atoms with van der Waals surface area (Å²) in [6, 6.07) is 9.40. The fourth-order valence-electron chi connectivity index (χ4n) is 9.78. The quantitative estimate of drug-likeness (QED) is 0.0361. The van der Waals surface area contributed by atoms with E-state index in [4.69, 9.17) is 5.73 Å². The molecule has 1 aliphatic carbocycles. The monoisotopic (exact) mass is 1210 g/mol. The van der Waals surface area contributed by atoms with E-state index in [-0.39, 0.29) is 92.3 Å². The minimum Gasteiger partial charge on any atom is -0.511 e. The van der Waals surface area contributed by atoms with Crippen LogP contribution in [-0.4, -0.2) is 168 Å². The van der Waals surface area contributed by atoms with Crippen LogP contribution in [0.1, 0.15) is 83.4 Å². The maximum Gasteiger partial charge on any atom is 0.328 e. The average Bonchev–Trinajstić information content (AvgIpc) is 4.15. The third-order valence-corrected chi connectivity index (χ3v) is 16.8. The highest BCUT2D eigenvalue weighted by Gasteiger charge is 2.38. The first-order valence-corrected chi connectivity index (χ1v) is 30.3. The van der Waals surface area contributed by atoms with Crippen LogP contribution in [-0.2, 0) is 62.4 Å². The number of ketones is 1. The van der Waals surface area contributed by atoms with Crippen molar-refractivity contribution in [3.8, 4) is 5.75 Å². The van der Waals surface area contributed by atoms with E-state index < -0.39 is 113 Å². The Bertz CT molecular complexity index is 3120. The van der Waals surface area contributed by atoms with Crippen molar-refractivity contribution in [2.75, 3.05) is 18.1 Å². The Morgan fingerprint density at radius 1 is 0.741 bits per heavy atom. The molecule has 24 nitrogen and oxygen atoms in total. The van der Waals surface area contributed by atoms with Crippen LogP contribution >= 0.6 is 21.6 Å². The third-order valence-electron chi connectivity index (χ3n) is 14.4. The highest BCUT2D eigenvalue weighted by Crippen LogP contribution is 2.36. The van der Waals surface area contributed by atoms with E-state index >= 15 is 4.79 Å². The summed E-state index contributed by atoms with van der Waals surface area (Å²) in [6.07, 6.45) is -1.15. The summed E-state index contributed by atoms with van der Waals surface area (Å²) < 4.78 is 0. The lowest BCUT2D eigenvalue weighted by Crippen LogP contribution is -2.62. The number of unbranched alkanes of at least 4 members (excludes halogenated alkanes) is 1. The molecule has 1 saturated heterocycles. The number of phenols is 1. The number of nitrogens with one attached hydrogen (secondary N) is 8. The fraction of sp³-hybridized carbons (Fsp3) is 0.458. The maximum absolute atomic E-state index is 15.0. The number of aromatic nitrogens is 1. The average molecular weight is 1210 g/mol. The summed E-state index contributed by atoms with van der Waals surface area (Å²) in [7, 11) is 1.82. The van der Waals surface area contributed by atoms with Crippen molar-refractivity contribution in [2.45, 2.75) is 147 Å². The highest BCUT2D eigenvalue weighted by molar-refractivity contribution is 8.76. The Kier molecular flexibility index (Phi) is 24.1. The number of hydrogen-bond acceptors (Lipinski definition) is 17. The number of fused-ring (bicyclic) bond motifs is 1. The SMILES string of the molecule is CC(=NCCCC[C@@H]1NC(=O)[C@@H](Cc2c[nH]c3ccccc23)NC(=O)[C@H](Cc2ccc(O)cc2)NC(=O)[C@@H](NC(=O)[C@H](N)Cc2ccccc2)CSSC[C@@H](C(=O)N[C@H](C(=O)O)[C@@H](C)O)NC(=O)[C@H]([C@@H](C)O)NC1=O)C1=C(O)CC(C)(C)CC1=O. The number of H-pyrrole nitrogens is 1. The van der Waals surface area contributed by atoms with Crippen LogP contribution in [0.15, 0.2) is 101 Å². The van der Waals surface area contributed by atoms with E-state index in [1.807, 2.05) is 13.8 Å². The fourth-order valence-corrected chi connectivity index (χ4v) is 12.1. The van der Waals surface area contributed by atoms with Gasteiger partial charge in [-0.1, -0.05) is 96.1 Å². The number of hydrogen-bond donors (Lipinski definition) is 14. The smallest absolute Gasteiger partial charge is 0.328 e. The molecule has 2 heterocycles. The van der Waals surface area contributed by atoms with Gasteiger partial charge in [0.1, 0.15) is 47.8 Å². The van der Waals surface area contributed by atoms with Crippen LogP contribution in [0.3, 0.4) is 0 Å². The van der Waals surface area contributed by atoms with Gasteiger partial charge in [0.2, 0.25) is 41.4 Å². The van der Waals surface area contributed by atoms with Crippen molar-refractivity contribution < 1.29 is 68.7 Å². The minimum atomic E-state index is -1.85. The molecule has 0 spiro atoms. The number of nitrogens with zero attached hydrogens (tertiary/aromatic N) is 1. The van der Waals surface area contributed by atoms with Crippen LogP contribution in [0.4, 0.5) is 0 Å². The van der Waals surface area contributed by atoms with E-state index in [2.05, 4.69) is 47.2 Å². The molecule has 0 unspecified atom stereocenters. The molecular formula is C59H76N10O14S2. The molecule has 10 atom stereocenters. The molecule has 7 amide bonds. The second-order valence-corrected chi connectivity index (χ2v) is 24.7. The Morgan fingerprint density at radius 2 is 1.36 bits per heavy atom. The number of carbonyl (C=O) groups is 9. The van der Waals surface area contributed by atoms with Crippen molar-refractivity contribution in [1.29, 1.82) is 0 Å². The van der Waals surface area contributed by atoms with E-state index in [0.717, 1.165) is 34.1 Å². The Labute approximate surface area is 499 Å². The first-order chi connectivity index (χ1) is 40.3. The first-order valence-electron chi connectivity index (χ1n) is 27.9. The highest BCUT2D eigenvalue weighted by atomic mass is 33.1. The van der Waals surface area contributed by atoms with Crippen molar-refractivity contribution in [3.05, 3.63) is 113 Å². The number of aliphatic carboxylic acids is 1. The number of carboxylic acid groups (broad SMARTS) is 1. The Balaban J connectivity index is 1.40. The molecule has 3 aromatic carbocycles. The van der Waals surface area contributed by atoms with E-state index in [0.29, 0.717) is 27.7 Å². The van der Waals surface area contributed by atoms with E-state index in [9.17, 15) is 63.9 Å². The zero-order valence-electron chi connectivity index (χ0n) is 47.9. The number of para-hydroxylation sites is 1. The lowest BCUT2D eigenvalue weighted by Gasteiger charge is -2.29. The summed E-state index contributed by atoms with van der Waals surface area (Å²) in [5.41, 5.74) is 8.86. The van der Waals surface area contributed by atoms with E-state index in [1.165, 1.54) is 31.2 Å². The number of aromatic amines is 1. The molecule has 1 fully saturated rings. The molecule has 1 aromatic heterocycles. The molecule has 26 heteroatoms. The number of rotatable bonds is 19. The predicted molar refractivity (Wildman–Crippen MR) is 321 cm³/mol. The Hall–Kier alpha value is -7.78. The van der Waals surface area contributed by atoms with Crippen LogP contribution < -0.4 is 43.0 Å². The molecule has 15 N–H and O–H groups in total. The van der Waals surface area contributed by atoms with Gasteiger partial charge in [-0.15, -0.1) is 0 Å². The number of allylic oxidation sites excluding steroid dienone is 2. The molecule has 0 saturated carbocycles. The second-order valence-electron chi connectivity index (χ2n) is 22.1. The van der Waals surface area contributed by atoms with Crippen LogP contribution in [0, 0.1) is 5.41 Å². The van der Waals surface area contributed by atoms with Gasteiger partial charge in [-0.25, -0.2) is 4.79 Å². The number of aliphatic hydroxyl groups is 3. The first kappa shape index (κ1) is 66.4. The van der Waals surface area contributed by atoms with Gasteiger partial charge in [0, 0.05) is 66.5 Å². The standard InChI is InChI=1S/C59H76N10O14S2/c1-31(48-46(73)26-59(4,5)27-47(48)74)61-22-12-11-17-41-52(76)68-49(32(2)70)57(81)67-45(56(80)69-50(33(3)71)58(82)83)30-85-84-29-44(66-51(75)39(60)23-34-13-7-6-8-14-34)55(79)64-42(24-35-18-20-37(72)21-19-35)53(77)65-43(54(78)63-41)25-36-28-62-40-16-10-9-15-38(36)40/h6-10,13-16,18-21,28,32-33,39,41-45,49-50,62,70-73H,11-12,17,22-27,29-30,60H2,1-5H3,(H,63,78)(H,64,79)(H,65,77)(H,66,75)(H,67,81)(H,68,76)(H,69,80)(H,82,83)/t32-,33-,39-,41+,42+,43-,44+,45+,49+,50+/m1/s1. The molecule has 1 aliphatic heterocycles. The van der Waals surface area contributed by atoms with Gasteiger partial charge in [-0.05, 0) is 86.8 Å². The van der Waals surface area contributed by atoms with Gasteiger partial charge in [0.15, 0.2) is 11.8 Å². The summed E-state index contributed by atoms with van der Waals surface area (Å²) in [5.74, 6) is -9.27. The van der Waals surface area contributed by atoms with Gasteiger partial charge in [-0.3, -0.25) is 43.3 Å². The number of carbonyl (C=O) groups excluding carboxylic acids is 8. The minimum absolute atomic E-state index is 0.0629.